The Labute approximate surface area is 86.0 Å². The number of hydrogen-bond donors (Lipinski definition) is 1. The molecule has 2 atom stereocenters. The van der Waals surface area contributed by atoms with Crippen LogP contribution in [-0.4, -0.2) is 32.5 Å². The molecular weight excluding hydrogens is 202 g/mol. The van der Waals surface area contributed by atoms with Gasteiger partial charge in [0.1, 0.15) is 5.70 Å². The zero-order chi connectivity index (χ0) is 10.3. The molecule has 0 radical (unpaired) electrons. The molecule has 5 heteroatoms. The second-order valence-electron chi connectivity index (χ2n) is 3.36. The number of hydrogen-bond acceptors (Lipinski definition) is 3. The summed E-state index contributed by atoms with van der Waals surface area (Å²) in [6.45, 7) is 2.02. The number of carboxylic acids is 1. The molecule has 0 aromatic rings. The third-order valence-electron chi connectivity index (χ3n) is 2.46. The maximum Gasteiger partial charge on any atom is 0.352 e. The summed E-state index contributed by atoms with van der Waals surface area (Å²) < 4.78 is 0. The molecule has 0 aromatic heterocycles. The highest BCUT2D eigenvalue weighted by Crippen LogP contribution is 2.41. The number of aliphatic carboxylic acids is 1. The standard InChI is InChI=1S/C9H11NO3S/c1-2-5-3-6(9(12)13)10-7(11)4-8(10)14-5/h3,5,8H,2,4H2,1H3,(H,12,13)/t5?,8-/m1/s1. The number of nitrogens with zero attached hydrogens (tertiary/aromatic N) is 1. The zero-order valence-corrected chi connectivity index (χ0v) is 8.58. The number of carboxylic acid groups (broad SMARTS) is 1. The predicted octanol–water partition coefficient (Wildman–Crippen LogP) is 1.04. The molecule has 14 heavy (non-hydrogen) atoms. The highest BCUT2D eigenvalue weighted by Gasteiger charge is 2.44. The molecule has 4 nitrogen and oxygen atoms in total. The number of carbonyl (C=O) groups is 2. The van der Waals surface area contributed by atoms with Gasteiger partial charge in [-0.15, -0.1) is 11.8 Å². The minimum atomic E-state index is -0.998. The minimum absolute atomic E-state index is 0.0588. The van der Waals surface area contributed by atoms with Crippen LogP contribution in [0.25, 0.3) is 0 Å². The van der Waals surface area contributed by atoms with Gasteiger partial charge in [0.25, 0.3) is 0 Å². The fourth-order valence-electron chi connectivity index (χ4n) is 1.67. The summed E-state index contributed by atoms with van der Waals surface area (Å²) in [5.74, 6) is -1.08. The van der Waals surface area contributed by atoms with Crippen LogP contribution in [0.5, 0.6) is 0 Å². The largest absolute Gasteiger partial charge is 0.477 e. The summed E-state index contributed by atoms with van der Waals surface area (Å²) in [4.78, 5) is 23.5. The van der Waals surface area contributed by atoms with Gasteiger partial charge >= 0.3 is 5.97 Å². The molecule has 0 spiro atoms. The molecule has 76 valence electrons. The first-order valence-electron chi connectivity index (χ1n) is 4.56. The SMILES string of the molecule is CCC1C=C(C(=O)O)N2C(=O)C[C@H]2S1. The maximum absolute atomic E-state index is 11.2. The van der Waals surface area contributed by atoms with Gasteiger partial charge in [-0.05, 0) is 12.5 Å². The maximum atomic E-state index is 11.2. The smallest absolute Gasteiger partial charge is 0.352 e. The van der Waals surface area contributed by atoms with E-state index in [1.165, 1.54) is 4.90 Å². The van der Waals surface area contributed by atoms with E-state index in [2.05, 4.69) is 0 Å². The molecular formula is C9H11NO3S. The van der Waals surface area contributed by atoms with Crippen LogP contribution in [0.4, 0.5) is 0 Å². The third kappa shape index (κ3) is 1.32. The molecule has 1 fully saturated rings. The molecule has 1 N–H and O–H groups in total. The minimum Gasteiger partial charge on any atom is -0.477 e. The first kappa shape index (κ1) is 9.58. The van der Waals surface area contributed by atoms with Crippen molar-refractivity contribution < 1.29 is 14.7 Å². The Hall–Kier alpha value is -0.970. The number of rotatable bonds is 2. The highest BCUT2D eigenvalue weighted by molar-refractivity contribution is 8.00. The van der Waals surface area contributed by atoms with E-state index in [0.29, 0.717) is 6.42 Å². The Kier molecular flexibility index (Phi) is 2.26. The Balaban J connectivity index is 2.27. The lowest BCUT2D eigenvalue weighted by molar-refractivity contribution is -0.146. The first-order valence-corrected chi connectivity index (χ1v) is 5.50. The van der Waals surface area contributed by atoms with Crippen molar-refractivity contribution in [2.24, 2.45) is 0 Å². The van der Waals surface area contributed by atoms with Crippen LogP contribution < -0.4 is 0 Å². The van der Waals surface area contributed by atoms with Crippen LogP contribution in [0.3, 0.4) is 0 Å². The lowest BCUT2D eigenvalue weighted by Gasteiger charge is -2.44. The molecule has 2 aliphatic heterocycles. The Morgan fingerprint density at radius 2 is 2.50 bits per heavy atom. The molecule has 2 aliphatic rings. The van der Waals surface area contributed by atoms with Gasteiger partial charge < -0.3 is 5.11 Å². The normalized spacial score (nSPS) is 30.5. The number of amides is 1. The van der Waals surface area contributed by atoms with Gasteiger partial charge in [-0.25, -0.2) is 4.79 Å². The lowest BCUT2D eigenvalue weighted by Crippen LogP contribution is -2.54. The van der Waals surface area contributed by atoms with Crippen LogP contribution in [0.1, 0.15) is 19.8 Å². The van der Waals surface area contributed by atoms with Gasteiger partial charge in [0.2, 0.25) is 5.91 Å². The van der Waals surface area contributed by atoms with Gasteiger partial charge in [0, 0.05) is 5.25 Å². The van der Waals surface area contributed by atoms with Crippen molar-refractivity contribution in [2.45, 2.75) is 30.4 Å². The lowest BCUT2D eigenvalue weighted by atomic mass is 10.1. The number of carbonyl (C=O) groups excluding carboxylic acids is 1. The zero-order valence-electron chi connectivity index (χ0n) is 7.77. The van der Waals surface area contributed by atoms with Crippen molar-refractivity contribution >= 4 is 23.6 Å². The summed E-state index contributed by atoms with van der Waals surface area (Å²) in [6.07, 6.45) is 3.06. The van der Waals surface area contributed by atoms with E-state index < -0.39 is 5.97 Å². The van der Waals surface area contributed by atoms with Crippen molar-refractivity contribution in [2.75, 3.05) is 0 Å². The van der Waals surface area contributed by atoms with Gasteiger partial charge in [-0.3, -0.25) is 9.69 Å². The Bertz CT molecular complexity index is 326. The number of fused-ring (bicyclic) bond motifs is 1. The summed E-state index contributed by atoms with van der Waals surface area (Å²) in [5.41, 5.74) is 0.164. The third-order valence-corrected chi connectivity index (χ3v) is 3.97. The van der Waals surface area contributed by atoms with Gasteiger partial charge in [0.05, 0.1) is 11.8 Å². The predicted molar refractivity (Wildman–Crippen MR) is 52.6 cm³/mol. The fraction of sp³-hybridized carbons (Fsp3) is 0.556. The van der Waals surface area contributed by atoms with Crippen molar-refractivity contribution in [3.8, 4) is 0 Å². The van der Waals surface area contributed by atoms with E-state index in [4.69, 9.17) is 5.11 Å². The highest BCUT2D eigenvalue weighted by atomic mass is 32.2. The van der Waals surface area contributed by atoms with E-state index in [9.17, 15) is 9.59 Å². The van der Waals surface area contributed by atoms with E-state index in [1.807, 2.05) is 6.92 Å². The van der Waals surface area contributed by atoms with E-state index in [0.717, 1.165) is 6.42 Å². The van der Waals surface area contributed by atoms with E-state index in [1.54, 1.807) is 17.8 Å². The van der Waals surface area contributed by atoms with Crippen LogP contribution in [0, 0.1) is 0 Å². The van der Waals surface area contributed by atoms with Gasteiger partial charge in [-0.2, -0.15) is 0 Å². The van der Waals surface area contributed by atoms with Crippen molar-refractivity contribution in [3.05, 3.63) is 11.8 Å². The Morgan fingerprint density at radius 1 is 1.79 bits per heavy atom. The first-order chi connectivity index (χ1) is 6.63. The summed E-state index contributed by atoms with van der Waals surface area (Å²) in [7, 11) is 0. The van der Waals surface area contributed by atoms with Crippen molar-refractivity contribution in [3.63, 3.8) is 0 Å². The Morgan fingerprint density at radius 3 is 3.00 bits per heavy atom. The number of β-lactam (4-membered cyclic amide) rings is 1. The van der Waals surface area contributed by atoms with Crippen LogP contribution >= 0.6 is 11.8 Å². The molecule has 2 heterocycles. The molecule has 1 unspecified atom stereocenters. The van der Waals surface area contributed by atoms with Gasteiger partial charge in [-0.1, -0.05) is 6.92 Å². The molecule has 0 aromatic carbocycles. The van der Waals surface area contributed by atoms with Crippen LogP contribution in [-0.2, 0) is 9.59 Å². The quantitative estimate of drug-likeness (QED) is 0.696. The fourth-order valence-corrected chi connectivity index (χ4v) is 3.07. The summed E-state index contributed by atoms with van der Waals surface area (Å²) in [5, 5.41) is 9.21. The average molecular weight is 213 g/mol. The molecule has 0 aliphatic carbocycles. The molecule has 1 saturated heterocycles. The van der Waals surface area contributed by atoms with E-state index in [-0.39, 0.29) is 22.2 Å². The van der Waals surface area contributed by atoms with Crippen LogP contribution in [0.2, 0.25) is 0 Å². The molecule has 0 bridgehead atoms. The molecule has 1 amide bonds. The van der Waals surface area contributed by atoms with E-state index >= 15 is 0 Å². The van der Waals surface area contributed by atoms with Crippen LogP contribution in [0.15, 0.2) is 11.8 Å². The topological polar surface area (TPSA) is 57.6 Å². The average Bonchev–Trinajstić information content (AvgIpc) is 2.14. The summed E-state index contributed by atoms with van der Waals surface area (Å²) in [6, 6.07) is 0. The second-order valence-corrected chi connectivity index (χ2v) is 4.78. The second kappa shape index (κ2) is 3.31. The monoisotopic (exact) mass is 213 g/mol. The summed E-state index contributed by atoms with van der Waals surface area (Å²) >= 11 is 1.67. The molecule has 0 saturated carbocycles. The molecule has 2 rings (SSSR count). The van der Waals surface area contributed by atoms with Gasteiger partial charge in [0.15, 0.2) is 0 Å². The van der Waals surface area contributed by atoms with Crippen molar-refractivity contribution in [1.29, 1.82) is 0 Å². The van der Waals surface area contributed by atoms with Crippen molar-refractivity contribution in [1.82, 2.24) is 4.90 Å². The number of thioether (sulfide) groups is 1.